The highest BCUT2D eigenvalue weighted by Gasteiger charge is 2.39. The molecular weight excluding hydrogens is 587 g/mol. The molecule has 2 heterocycles. The van der Waals surface area contributed by atoms with Crippen LogP contribution in [-0.2, 0) is 20.6 Å². The van der Waals surface area contributed by atoms with Gasteiger partial charge >= 0.3 is 6.18 Å². The Morgan fingerprint density at radius 1 is 0.889 bits per heavy atom. The molecule has 0 aromatic heterocycles. The first-order valence-corrected chi connectivity index (χ1v) is 15.1. The van der Waals surface area contributed by atoms with Crippen LogP contribution in [0.2, 0.25) is 0 Å². The fourth-order valence-electron chi connectivity index (χ4n) is 5.67. The van der Waals surface area contributed by atoms with Gasteiger partial charge in [0, 0.05) is 69.6 Å². The van der Waals surface area contributed by atoms with Crippen molar-refractivity contribution in [2.75, 3.05) is 61.9 Å². The summed E-state index contributed by atoms with van der Waals surface area (Å²) >= 11 is 0. The molecule has 0 atom stereocenters. The molecule has 2 aliphatic rings. The minimum absolute atomic E-state index is 0.0471. The van der Waals surface area contributed by atoms with Crippen LogP contribution in [0.3, 0.4) is 0 Å². The van der Waals surface area contributed by atoms with Crippen LogP contribution in [0, 0.1) is 0 Å². The maximum absolute atomic E-state index is 13.7. The zero-order valence-electron chi connectivity index (χ0n) is 26.2. The van der Waals surface area contributed by atoms with E-state index in [2.05, 4.69) is 10.2 Å². The van der Waals surface area contributed by atoms with E-state index in [1.54, 1.807) is 0 Å². The normalized spacial score (nSPS) is 16.1. The summed E-state index contributed by atoms with van der Waals surface area (Å²) < 4.78 is 41.0. The summed E-state index contributed by atoms with van der Waals surface area (Å²) in [6.07, 6.45) is -1.05. The number of anilines is 3. The second kappa shape index (κ2) is 14.3. The quantitative estimate of drug-likeness (QED) is 0.268. The number of rotatable bonds is 11. The van der Waals surface area contributed by atoms with Crippen LogP contribution in [0.5, 0.6) is 0 Å². The molecule has 0 spiro atoms. The smallest absolute Gasteiger partial charge is 0.378 e. The first-order valence-electron chi connectivity index (χ1n) is 15.1. The molecule has 242 valence electrons. The van der Waals surface area contributed by atoms with Crippen LogP contribution in [0.25, 0.3) is 0 Å². The van der Waals surface area contributed by atoms with E-state index in [1.807, 2.05) is 48.2 Å². The fourth-order valence-corrected chi connectivity index (χ4v) is 5.67. The van der Waals surface area contributed by atoms with Crippen LogP contribution < -0.4 is 15.1 Å². The second-order valence-corrected chi connectivity index (χ2v) is 11.7. The highest BCUT2D eigenvalue weighted by Crippen LogP contribution is 2.39. The number of carbonyl (C=O) groups is 4. The van der Waals surface area contributed by atoms with Crippen LogP contribution in [0.4, 0.5) is 30.2 Å². The van der Waals surface area contributed by atoms with E-state index in [-0.39, 0.29) is 17.2 Å². The van der Waals surface area contributed by atoms with Gasteiger partial charge in [-0.1, -0.05) is 12.8 Å². The van der Waals surface area contributed by atoms with E-state index in [4.69, 9.17) is 0 Å². The third-order valence-electron chi connectivity index (χ3n) is 8.26. The molecule has 12 heteroatoms. The molecule has 2 aromatic carbocycles. The van der Waals surface area contributed by atoms with E-state index in [9.17, 15) is 32.3 Å². The van der Waals surface area contributed by atoms with Gasteiger partial charge in [-0.25, -0.2) is 4.90 Å². The number of carbonyl (C=O) groups excluding carboxylic acids is 4. The van der Waals surface area contributed by atoms with E-state index >= 15 is 0 Å². The molecule has 0 aliphatic carbocycles. The van der Waals surface area contributed by atoms with Gasteiger partial charge < -0.3 is 15.1 Å². The Balaban J connectivity index is 1.21. The molecule has 4 rings (SSSR count). The third kappa shape index (κ3) is 8.10. The summed E-state index contributed by atoms with van der Waals surface area (Å²) in [6.45, 7) is 6.49. The summed E-state index contributed by atoms with van der Waals surface area (Å²) in [7, 11) is 3.92. The molecule has 1 N–H and O–H groups in total. The summed E-state index contributed by atoms with van der Waals surface area (Å²) in [5.41, 5.74) is 0.523. The number of halogens is 3. The molecule has 1 saturated heterocycles. The molecule has 4 amide bonds. The number of amides is 4. The molecule has 0 radical (unpaired) electrons. The molecule has 45 heavy (non-hydrogen) atoms. The van der Waals surface area contributed by atoms with Gasteiger partial charge in [0.05, 0.1) is 16.9 Å². The van der Waals surface area contributed by atoms with E-state index in [0.29, 0.717) is 37.1 Å². The second-order valence-electron chi connectivity index (χ2n) is 11.7. The molecule has 1 fully saturated rings. The topological polar surface area (TPSA) is 93.3 Å². The van der Waals surface area contributed by atoms with Crippen molar-refractivity contribution >= 4 is 40.7 Å². The number of piperazine rings is 1. The minimum Gasteiger partial charge on any atom is -0.378 e. The van der Waals surface area contributed by atoms with Gasteiger partial charge in [0.2, 0.25) is 5.91 Å². The van der Waals surface area contributed by atoms with E-state index < -0.39 is 35.1 Å². The van der Waals surface area contributed by atoms with Crippen molar-refractivity contribution in [3.8, 4) is 0 Å². The van der Waals surface area contributed by atoms with Crippen LogP contribution in [-0.4, -0.2) is 80.2 Å². The first kappa shape index (κ1) is 33.7. The van der Waals surface area contributed by atoms with Gasteiger partial charge in [-0.2, -0.15) is 13.2 Å². The number of hydrogen-bond donors (Lipinski definition) is 1. The summed E-state index contributed by atoms with van der Waals surface area (Å²) in [6, 6.07) is 10.6. The number of nitrogens with one attached hydrogen (secondary N) is 1. The summed E-state index contributed by atoms with van der Waals surface area (Å²) in [5.74, 6) is -1.87. The number of unbranched alkanes of at least 4 members (excludes halogenated alkanes) is 3. The van der Waals surface area contributed by atoms with Gasteiger partial charge in [-0.05, 0) is 75.2 Å². The predicted molar refractivity (Wildman–Crippen MR) is 167 cm³/mol. The number of hydrogen-bond acceptors (Lipinski definition) is 6. The van der Waals surface area contributed by atoms with E-state index in [1.165, 1.54) is 13.0 Å². The molecule has 2 aliphatic heterocycles. The Hall–Kier alpha value is -4.19. The lowest BCUT2D eigenvalue weighted by atomic mass is 10.0. The lowest BCUT2D eigenvalue weighted by Gasteiger charge is -2.34. The molecular formula is C33H40F3N5O4. The van der Waals surface area contributed by atoms with Crippen LogP contribution >= 0.6 is 0 Å². The molecule has 0 saturated carbocycles. The van der Waals surface area contributed by atoms with Gasteiger partial charge in [0.1, 0.15) is 0 Å². The number of benzene rings is 2. The summed E-state index contributed by atoms with van der Waals surface area (Å²) in [4.78, 5) is 57.3. The van der Waals surface area contributed by atoms with Gasteiger partial charge in [-0.3, -0.25) is 24.1 Å². The van der Waals surface area contributed by atoms with Crippen molar-refractivity contribution < 1.29 is 32.3 Å². The van der Waals surface area contributed by atoms with Crippen molar-refractivity contribution in [3.05, 3.63) is 64.7 Å². The fraction of sp³-hybridized carbons (Fsp3) is 0.455. The Morgan fingerprint density at radius 2 is 1.53 bits per heavy atom. The molecule has 9 nitrogen and oxygen atoms in total. The highest BCUT2D eigenvalue weighted by atomic mass is 19.4. The van der Waals surface area contributed by atoms with Crippen LogP contribution in [0.1, 0.15) is 61.9 Å². The molecule has 0 bridgehead atoms. The maximum atomic E-state index is 13.7. The number of imide groups is 1. The van der Waals surface area contributed by atoms with E-state index in [0.717, 1.165) is 68.5 Å². The van der Waals surface area contributed by atoms with Crippen molar-refractivity contribution in [1.29, 1.82) is 0 Å². The van der Waals surface area contributed by atoms with Crippen molar-refractivity contribution in [3.63, 3.8) is 0 Å². The Labute approximate surface area is 261 Å². The lowest BCUT2D eigenvalue weighted by Crippen LogP contribution is -2.48. The van der Waals surface area contributed by atoms with Crippen molar-refractivity contribution in [2.45, 2.75) is 52.1 Å². The zero-order chi connectivity index (χ0) is 32.9. The monoisotopic (exact) mass is 627 g/mol. The Kier molecular flexibility index (Phi) is 10.7. The third-order valence-corrected chi connectivity index (χ3v) is 8.26. The predicted octanol–water partition coefficient (Wildman–Crippen LogP) is 5.33. The average molecular weight is 628 g/mol. The standard InChI is InChI=1S/C33H40F3N5O4/c1-22-27(32(45)41(30(22)43)26-14-15-29(37-23(2)42)28(21-26)33(34,35)36)9-7-5-6-8-16-39-17-19-40(20-18-39)31(44)24-10-12-25(13-11-24)38(3)4/h10-15,21H,5-9,16-20H2,1-4H3,(H,37,42). The summed E-state index contributed by atoms with van der Waals surface area (Å²) in [5, 5.41) is 2.14. The lowest BCUT2D eigenvalue weighted by molar-refractivity contribution is -0.137. The molecule has 2 aromatic rings. The SMILES string of the molecule is CC(=O)Nc1ccc(N2C(=O)C(C)=C(CCCCCCN3CCN(C(=O)c4ccc(N(C)C)cc4)CC3)C2=O)cc1C(F)(F)F. The van der Waals surface area contributed by atoms with Crippen molar-refractivity contribution in [1.82, 2.24) is 9.80 Å². The first-order chi connectivity index (χ1) is 21.3. The largest absolute Gasteiger partial charge is 0.418 e. The van der Waals surface area contributed by atoms with Gasteiger partial charge in [0.25, 0.3) is 17.7 Å². The average Bonchev–Trinajstić information content (AvgIpc) is 3.21. The van der Waals surface area contributed by atoms with Gasteiger partial charge in [-0.15, -0.1) is 0 Å². The molecule has 0 unspecified atom stereocenters. The highest BCUT2D eigenvalue weighted by molar-refractivity contribution is 6.32. The number of nitrogens with zero attached hydrogens (tertiary/aromatic N) is 4. The van der Waals surface area contributed by atoms with Crippen molar-refractivity contribution in [2.24, 2.45) is 0 Å². The Bertz CT molecular complexity index is 1460. The maximum Gasteiger partial charge on any atom is 0.418 e. The minimum atomic E-state index is -4.80. The Morgan fingerprint density at radius 3 is 2.13 bits per heavy atom. The van der Waals surface area contributed by atoms with Crippen LogP contribution in [0.15, 0.2) is 53.6 Å². The number of alkyl halides is 3. The van der Waals surface area contributed by atoms with Gasteiger partial charge in [0.15, 0.2) is 0 Å². The zero-order valence-corrected chi connectivity index (χ0v) is 26.2.